The molecule has 0 saturated carbocycles. The number of carboxylic acids is 1. The van der Waals surface area contributed by atoms with Gasteiger partial charge in [-0.3, -0.25) is 9.59 Å². The van der Waals surface area contributed by atoms with Gasteiger partial charge in [-0.25, -0.2) is 0 Å². The van der Waals surface area contributed by atoms with E-state index in [0.717, 1.165) is 0 Å². The maximum atomic E-state index is 12.3. The molecule has 0 aliphatic rings. The van der Waals surface area contributed by atoms with Crippen LogP contribution in [0.25, 0.3) is 10.9 Å². The minimum atomic E-state index is -0.963. The van der Waals surface area contributed by atoms with E-state index in [1.807, 2.05) is 38.3 Å². The number of hydrogen-bond acceptors (Lipinski definition) is 3. The zero-order chi connectivity index (χ0) is 16.4. The lowest BCUT2D eigenvalue weighted by Crippen LogP contribution is -2.20. The van der Waals surface area contributed by atoms with Crippen LogP contribution in [0.2, 0.25) is 0 Å². The van der Waals surface area contributed by atoms with Gasteiger partial charge in [0, 0.05) is 23.2 Å². The maximum absolute atomic E-state index is 12.3. The lowest BCUT2D eigenvalue weighted by Gasteiger charge is -2.22. The largest absolute Gasteiger partial charge is 0.489 e. The first-order valence-corrected chi connectivity index (χ1v) is 7.36. The molecule has 0 saturated heterocycles. The summed E-state index contributed by atoms with van der Waals surface area (Å²) in [5, 5.41) is 9.65. The lowest BCUT2D eigenvalue weighted by atomic mass is 10.1. The summed E-state index contributed by atoms with van der Waals surface area (Å²) in [6.07, 6.45) is -0.233. The number of aromatic nitrogens is 1. The lowest BCUT2D eigenvalue weighted by molar-refractivity contribution is -0.136. The Morgan fingerprint density at radius 2 is 1.95 bits per heavy atom. The van der Waals surface area contributed by atoms with Gasteiger partial charge >= 0.3 is 5.97 Å². The molecule has 0 fully saturated rings. The van der Waals surface area contributed by atoms with Crippen LogP contribution in [0, 0.1) is 0 Å². The topological polar surface area (TPSA) is 68.5 Å². The smallest absolute Gasteiger partial charge is 0.309 e. The summed E-state index contributed by atoms with van der Waals surface area (Å²) in [6, 6.07) is 6.76. The van der Waals surface area contributed by atoms with Crippen molar-refractivity contribution in [2.75, 3.05) is 0 Å². The van der Waals surface area contributed by atoms with Crippen LogP contribution in [0.4, 0.5) is 0 Å². The van der Waals surface area contributed by atoms with Crippen LogP contribution in [-0.2, 0) is 11.2 Å². The van der Waals surface area contributed by atoms with Crippen LogP contribution in [0.15, 0.2) is 29.1 Å². The highest BCUT2D eigenvalue weighted by atomic mass is 16.5. The number of carboxylic acid groups (broad SMARTS) is 1. The summed E-state index contributed by atoms with van der Waals surface area (Å²) in [5.74, 6) is -0.360. The molecule has 0 spiro atoms. The van der Waals surface area contributed by atoms with Gasteiger partial charge in [0.05, 0.1) is 18.0 Å². The van der Waals surface area contributed by atoms with Gasteiger partial charge in [0.1, 0.15) is 5.75 Å². The molecule has 0 aliphatic heterocycles. The van der Waals surface area contributed by atoms with Crippen LogP contribution in [0.1, 0.15) is 39.4 Å². The fraction of sp³-hybridized carbons (Fsp3) is 0.412. The summed E-state index contributed by atoms with van der Waals surface area (Å²) in [6.45, 7) is 7.75. The van der Waals surface area contributed by atoms with Gasteiger partial charge in [-0.15, -0.1) is 0 Å². The highest BCUT2D eigenvalue weighted by molar-refractivity contribution is 5.86. The number of carbonyl (C=O) groups is 1. The average Bonchev–Trinajstić information content (AvgIpc) is 2.38. The van der Waals surface area contributed by atoms with Gasteiger partial charge in [-0.2, -0.15) is 0 Å². The molecule has 1 heterocycles. The van der Waals surface area contributed by atoms with Crippen LogP contribution in [0.5, 0.6) is 5.75 Å². The van der Waals surface area contributed by atoms with Gasteiger partial charge in [0.2, 0.25) is 0 Å². The van der Waals surface area contributed by atoms with E-state index in [0.29, 0.717) is 22.3 Å². The number of hydrogen-bond donors (Lipinski definition) is 1. The summed E-state index contributed by atoms with van der Waals surface area (Å²) in [7, 11) is 0. The minimum Gasteiger partial charge on any atom is -0.489 e. The first kappa shape index (κ1) is 16.1. The fourth-order valence-corrected chi connectivity index (χ4v) is 2.64. The van der Waals surface area contributed by atoms with Gasteiger partial charge in [0.15, 0.2) is 5.43 Å². The highest BCUT2D eigenvalue weighted by Gasteiger charge is 2.17. The summed E-state index contributed by atoms with van der Waals surface area (Å²) >= 11 is 0. The molecule has 0 amide bonds. The zero-order valence-electron chi connectivity index (χ0n) is 13.3. The third kappa shape index (κ3) is 3.13. The normalized spacial score (nSPS) is 11.4. The molecular formula is C17H21NO4. The van der Waals surface area contributed by atoms with E-state index in [9.17, 15) is 9.59 Å². The fourth-order valence-electron chi connectivity index (χ4n) is 2.64. The molecule has 1 N–H and O–H groups in total. The van der Waals surface area contributed by atoms with Crippen molar-refractivity contribution in [3.63, 3.8) is 0 Å². The number of benzene rings is 1. The molecule has 1 aromatic carbocycles. The quantitative estimate of drug-likeness (QED) is 0.922. The van der Waals surface area contributed by atoms with Crippen LogP contribution in [0.3, 0.4) is 0 Å². The number of ether oxygens (including phenoxy) is 1. The SMILES string of the molecule is CC(C)Oc1cccc2c(=O)cc(CC(=O)O)n(C(C)C)c12. The Labute approximate surface area is 129 Å². The van der Waals surface area contributed by atoms with Crippen molar-refractivity contribution in [3.8, 4) is 5.75 Å². The van der Waals surface area contributed by atoms with Gasteiger partial charge < -0.3 is 14.4 Å². The van der Waals surface area contributed by atoms with Crippen molar-refractivity contribution < 1.29 is 14.6 Å². The van der Waals surface area contributed by atoms with Crippen molar-refractivity contribution in [3.05, 3.63) is 40.2 Å². The van der Waals surface area contributed by atoms with Crippen molar-refractivity contribution in [1.29, 1.82) is 0 Å². The molecule has 5 nitrogen and oxygen atoms in total. The molecule has 5 heteroatoms. The van der Waals surface area contributed by atoms with E-state index < -0.39 is 5.97 Å². The second kappa shape index (κ2) is 6.22. The molecule has 0 bridgehead atoms. The molecule has 0 radical (unpaired) electrons. The monoisotopic (exact) mass is 303 g/mol. The molecule has 1 aromatic heterocycles. The van der Waals surface area contributed by atoms with Crippen LogP contribution >= 0.6 is 0 Å². The number of fused-ring (bicyclic) bond motifs is 1. The number of nitrogens with zero attached hydrogens (tertiary/aromatic N) is 1. The summed E-state index contributed by atoms with van der Waals surface area (Å²) in [4.78, 5) is 23.4. The van der Waals surface area contributed by atoms with Crippen LogP contribution < -0.4 is 10.2 Å². The number of rotatable bonds is 5. The molecule has 0 unspecified atom stereocenters. The Hall–Kier alpha value is -2.30. The zero-order valence-corrected chi connectivity index (χ0v) is 13.3. The van der Waals surface area contributed by atoms with E-state index in [-0.39, 0.29) is 24.0 Å². The Bertz CT molecular complexity index is 759. The van der Waals surface area contributed by atoms with Crippen molar-refractivity contribution in [2.24, 2.45) is 0 Å². The predicted octanol–water partition coefficient (Wildman–Crippen LogP) is 3.00. The molecule has 0 atom stereocenters. The van der Waals surface area contributed by atoms with E-state index in [2.05, 4.69) is 0 Å². The van der Waals surface area contributed by atoms with Gasteiger partial charge in [-0.05, 0) is 39.8 Å². The molecule has 22 heavy (non-hydrogen) atoms. The summed E-state index contributed by atoms with van der Waals surface area (Å²) < 4.78 is 7.70. The van der Waals surface area contributed by atoms with Crippen molar-refractivity contribution in [2.45, 2.75) is 46.3 Å². The molecular weight excluding hydrogens is 282 g/mol. The van der Waals surface area contributed by atoms with Gasteiger partial charge in [-0.1, -0.05) is 6.07 Å². The first-order valence-electron chi connectivity index (χ1n) is 7.36. The average molecular weight is 303 g/mol. The third-order valence-electron chi connectivity index (χ3n) is 3.32. The second-order valence-electron chi connectivity index (χ2n) is 5.85. The number of para-hydroxylation sites is 1. The third-order valence-corrected chi connectivity index (χ3v) is 3.32. The van der Waals surface area contributed by atoms with Crippen molar-refractivity contribution in [1.82, 2.24) is 4.57 Å². The Morgan fingerprint density at radius 3 is 2.50 bits per heavy atom. The van der Waals surface area contributed by atoms with Crippen molar-refractivity contribution >= 4 is 16.9 Å². The molecule has 118 valence electrons. The highest BCUT2D eigenvalue weighted by Crippen LogP contribution is 2.28. The standard InChI is InChI=1S/C17H21NO4/c1-10(2)18-12(9-16(20)21)8-14(19)13-6-5-7-15(17(13)18)22-11(3)4/h5-8,10-11H,9H2,1-4H3,(H,20,21). The Kier molecular flexibility index (Phi) is 4.54. The Morgan fingerprint density at radius 1 is 1.27 bits per heavy atom. The molecule has 2 rings (SSSR count). The van der Waals surface area contributed by atoms with E-state index >= 15 is 0 Å². The number of aliphatic carboxylic acids is 1. The first-order chi connectivity index (χ1) is 10.3. The van der Waals surface area contributed by atoms with E-state index in [4.69, 9.17) is 9.84 Å². The van der Waals surface area contributed by atoms with Gasteiger partial charge in [0.25, 0.3) is 0 Å². The number of pyridine rings is 1. The minimum absolute atomic E-state index is 0.00867. The second-order valence-corrected chi connectivity index (χ2v) is 5.85. The van der Waals surface area contributed by atoms with E-state index in [1.165, 1.54) is 6.07 Å². The van der Waals surface area contributed by atoms with E-state index in [1.54, 1.807) is 12.1 Å². The predicted molar refractivity (Wildman–Crippen MR) is 85.7 cm³/mol. The maximum Gasteiger partial charge on any atom is 0.309 e. The Balaban J connectivity index is 2.86. The molecule has 0 aliphatic carbocycles. The summed E-state index contributed by atoms with van der Waals surface area (Å²) in [5.41, 5.74) is 0.965. The molecule has 2 aromatic rings. The van der Waals surface area contributed by atoms with Crippen LogP contribution in [-0.4, -0.2) is 21.7 Å².